The number of furan rings is 1. The van der Waals surface area contributed by atoms with Gasteiger partial charge in [-0.05, 0) is 30.7 Å². The number of rotatable bonds is 3. The van der Waals surface area contributed by atoms with Crippen molar-refractivity contribution in [3.63, 3.8) is 0 Å². The molecular weight excluding hydrogens is 278 g/mol. The zero-order chi connectivity index (χ0) is 14.9. The molecule has 2 aliphatic rings. The lowest BCUT2D eigenvalue weighted by atomic mass is 10.2. The molecule has 22 heavy (non-hydrogen) atoms. The Bertz CT molecular complexity index is 633. The Morgan fingerprint density at radius 2 is 2.00 bits per heavy atom. The van der Waals surface area contributed by atoms with Crippen LogP contribution in [0.1, 0.15) is 18.1 Å². The molecule has 2 aromatic heterocycles. The fourth-order valence-corrected chi connectivity index (χ4v) is 3.22. The van der Waals surface area contributed by atoms with Crippen LogP contribution < -0.4 is 4.90 Å². The molecule has 1 saturated heterocycles. The van der Waals surface area contributed by atoms with Crippen molar-refractivity contribution >= 4 is 11.7 Å². The lowest BCUT2D eigenvalue weighted by Gasteiger charge is -2.35. The van der Waals surface area contributed by atoms with Crippen LogP contribution >= 0.6 is 0 Å². The third-order valence-electron chi connectivity index (χ3n) is 4.58. The average molecular weight is 297 g/mol. The van der Waals surface area contributed by atoms with E-state index in [1.807, 2.05) is 41.4 Å². The minimum absolute atomic E-state index is 0.118. The van der Waals surface area contributed by atoms with Crippen molar-refractivity contribution in [2.24, 2.45) is 5.92 Å². The van der Waals surface area contributed by atoms with E-state index in [2.05, 4.69) is 9.88 Å². The summed E-state index contributed by atoms with van der Waals surface area (Å²) in [6.07, 6.45) is 4.42. The Hall–Kier alpha value is -2.30. The second-order valence-electron chi connectivity index (χ2n) is 5.96. The summed E-state index contributed by atoms with van der Waals surface area (Å²) in [6.45, 7) is 3.25. The largest absolute Gasteiger partial charge is 0.469 e. The third kappa shape index (κ3) is 2.47. The van der Waals surface area contributed by atoms with Crippen LogP contribution in [0.5, 0.6) is 0 Å². The molecule has 5 heteroatoms. The van der Waals surface area contributed by atoms with Gasteiger partial charge in [-0.25, -0.2) is 4.98 Å². The van der Waals surface area contributed by atoms with E-state index in [1.54, 1.807) is 6.26 Å². The van der Waals surface area contributed by atoms with Crippen molar-refractivity contribution in [3.05, 3.63) is 48.6 Å². The Labute approximate surface area is 129 Å². The van der Waals surface area contributed by atoms with Gasteiger partial charge in [0.25, 0.3) is 0 Å². The second kappa shape index (κ2) is 5.48. The SMILES string of the molecule is O=C([C@H]1C[C@@H]1c1ccco1)N1CCN(c2ccccn2)CC1. The van der Waals surface area contributed by atoms with Gasteiger partial charge in [0, 0.05) is 44.2 Å². The molecule has 0 radical (unpaired) electrons. The van der Waals surface area contributed by atoms with Crippen LogP contribution in [-0.4, -0.2) is 42.0 Å². The molecule has 2 fully saturated rings. The molecule has 5 nitrogen and oxygen atoms in total. The molecule has 0 N–H and O–H groups in total. The molecular formula is C17H19N3O2. The van der Waals surface area contributed by atoms with Gasteiger partial charge in [-0.1, -0.05) is 6.07 Å². The number of carbonyl (C=O) groups excluding carboxylic acids is 1. The van der Waals surface area contributed by atoms with Crippen molar-refractivity contribution in [1.82, 2.24) is 9.88 Å². The van der Waals surface area contributed by atoms with Crippen molar-refractivity contribution in [2.75, 3.05) is 31.1 Å². The molecule has 1 saturated carbocycles. The zero-order valence-electron chi connectivity index (χ0n) is 12.4. The van der Waals surface area contributed by atoms with Gasteiger partial charge in [0.05, 0.1) is 6.26 Å². The van der Waals surface area contributed by atoms with Gasteiger partial charge in [-0.3, -0.25) is 4.79 Å². The van der Waals surface area contributed by atoms with E-state index in [-0.39, 0.29) is 17.7 Å². The Morgan fingerprint density at radius 3 is 2.68 bits per heavy atom. The lowest BCUT2D eigenvalue weighted by molar-refractivity contribution is -0.133. The summed E-state index contributed by atoms with van der Waals surface area (Å²) in [7, 11) is 0. The summed E-state index contributed by atoms with van der Waals surface area (Å²) in [5.41, 5.74) is 0. The topological polar surface area (TPSA) is 49.6 Å². The number of hydrogen-bond acceptors (Lipinski definition) is 4. The first-order valence-corrected chi connectivity index (χ1v) is 7.81. The number of carbonyl (C=O) groups is 1. The monoisotopic (exact) mass is 297 g/mol. The Kier molecular flexibility index (Phi) is 3.33. The fourth-order valence-electron chi connectivity index (χ4n) is 3.22. The van der Waals surface area contributed by atoms with Gasteiger partial charge in [0.15, 0.2) is 0 Å². The van der Waals surface area contributed by atoms with E-state index in [0.717, 1.165) is 44.2 Å². The van der Waals surface area contributed by atoms with E-state index >= 15 is 0 Å². The predicted octanol–water partition coefficient (Wildman–Crippen LogP) is 2.13. The number of hydrogen-bond donors (Lipinski definition) is 0. The van der Waals surface area contributed by atoms with Crippen molar-refractivity contribution < 1.29 is 9.21 Å². The first kappa shape index (κ1) is 13.4. The quantitative estimate of drug-likeness (QED) is 0.871. The molecule has 3 heterocycles. The summed E-state index contributed by atoms with van der Waals surface area (Å²) in [5, 5.41) is 0. The Morgan fingerprint density at radius 1 is 1.14 bits per heavy atom. The molecule has 2 aromatic rings. The average Bonchev–Trinajstić information content (AvgIpc) is 3.20. The van der Waals surface area contributed by atoms with Crippen molar-refractivity contribution in [2.45, 2.75) is 12.3 Å². The molecule has 0 unspecified atom stereocenters. The van der Waals surface area contributed by atoms with Crippen molar-refractivity contribution in [3.8, 4) is 0 Å². The highest BCUT2D eigenvalue weighted by Gasteiger charge is 2.47. The number of amides is 1. The summed E-state index contributed by atoms with van der Waals surface area (Å²) < 4.78 is 5.41. The number of anilines is 1. The van der Waals surface area contributed by atoms with Crippen LogP contribution in [0.3, 0.4) is 0 Å². The molecule has 0 spiro atoms. The Balaban J connectivity index is 1.33. The van der Waals surface area contributed by atoms with Gasteiger partial charge in [0.2, 0.25) is 5.91 Å². The highest BCUT2D eigenvalue weighted by atomic mass is 16.3. The summed E-state index contributed by atoms with van der Waals surface area (Å²) >= 11 is 0. The summed E-state index contributed by atoms with van der Waals surface area (Å²) in [6, 6.07) is 9.80. The minimum Gasteiger partial charge on any atom is -0.469 e. The van der Waals surface area contributed by atoms with Crippen LogP contribution in [0.25, 0.3) is 0 Å². The normalized spacial score (nSPS) is 24.4. The fraction of sp³-hybridized carbons (Fsp3) is 0.412. The van der Waals surface area contributed by atoms with Gasteiger partial charge >= 0.3 is 0 Å². The lowest BCUT2D eigenvalue weighted by Crippen LogP contribution is -2.49. The van der Waals surface area contributed by atoms with Crippen LogP contribution in [0.4, 0.5) is 5.82 Å². The van der Waals surface area contributed by atoms with Crippen LogP contribution in [0, 0.1) is 5.92 Å². The number of pyridine rings is 1. The van der Waals surface area contributed by atoms with E-state index in [9.17, 15) is 4.79 Å². The molecule has 0 bridgehead atoms. The van der Waals surface area contributed by atoms with Gasteiger partial charge < -0.3 is 14.2 Å². The van der Waals surface area contributed by atoms with Crippen LogP contribution in [0.15, 0.2) is 47.2 Å². The van der Waals surface area contributed by atoms with Gasteiger partial charge in [-0.2, -0.15) is 0 Å². The molecule has 0 aromatic carbocycles. The third-order valence-corrected chi connectivity index (χ3v) is 4.58. The maximum atomic E-state index is 12.6. The van der Waals surface area contributed by atoms with E-state index in [4.69, 9.17) is 4.42 Å². The highest BCUT2D eigenvalue weighted by molar-refractivity contribution is 5.83. The van der Waals surface area contributed by atoms with Crippen LogP contribution in [0.2, 0.25) is 0 Å². The smallest absolute Gasteiger partial charge is 0.226 e. The van der Waals surface area contributed by atoms with E-state index in [1.165, 1.54) is 0 Å². The molecule has 4 rings (SSSR count). The second-order valence-corrected chi connectivity index (χ2v) is 5.96. The van der Waals surface area contributed by atoms with Crippen molar-refractivity contribution in [1.29, 1.82) is 0 Å². The number of nitrogens with zero attached hydrogens (tertiary/aromatic N) is 3. The molecule has 114 valence electrons. The van der Waals surface area contributed by atoms with E-state index in [0.29, 0.717) is 0 Å². The van der Waals surface area contributed by atoms with E-state index < -0.39 is 0 Å². The molecule has 1 aliphatic heterocycles. The highest BCUT2D eigenvalue weighted by Crippen LogP contribution is 2.48. The molecule has 1 amide bonds. The molecule has 2 atom stereocenters. The van der Waals surface area contributed by atoms with Crippen LogP contribution in [-0.2, 0) is 4.79 Å². The minimum atomic E-state index is 0.118. The number of aromatic nitrogens is 1. The zero-order valence-corrected chi connectivity index (χ0v) is 12.4. The van der Waals surface area contributed by atoms with Gasteiger partial charge in [-0.15, -0.1) is 0 Å². The first-order chi connectivity index (χ1) is 10.8. The maximum absolute atomic E-state index is 12.6. The maximum Gasteiger partial charge on any atom is 0.226 e. The molecule has 1 aliphatic carbocycles. The summed E-state index contributed by atoms with van der Waals surface area (Å²) in [4.78, 5) is 21.2. The number of piperazine rings is 1. The first-order valence-electron chi connectivity index (χ1n) is 7.81. The predicted molar refractivity (Wildman–Crippen MR) is 82.6 cm³/mol. The summed E-state index contributed by atoms with van der Waals surface area (Å²) in [5.74, 6) is 2.63. The standard InChI is InChI=1S/C17H19N3O2/c21-17(14-12-13(14)15-4-3-11-22-15)20-9-7-19(8-10-20)16-5-1-2-6-18-16/h1-6,11,13-14H,7-10,12H2/t13-,14-/m0/s1. The van der Waals surface area contributed by atoms with Gasteiger partial charge in [0.1, 0.15) is 11.6 Å².